The maximum absolute atomic E-state index is 5.93. The van der Waals surface area contributed by atoms with Gasteiger partial charge >= 0.3 is 0 Å². The largest absolute Gasteiger partial charge is 0.379 e. The molecule has 0 bridgehead atoms. The third kappa shape index (κ3) is 3.88. The van der Waals surface area contributed by atoms with Gasteiger partial charge < -0.3 is 10.5 Å². The van der Waals surface area contributed by atoms with Gasteiger partial charge in [-0.2, -0.15) is 0 Å². The van der Waals surface area contributed by atoms with Crippen LogP contribution < -0.4 is 5.73 Å². The highest BCUT2D eigenvalue weighted by Gasteiger charge is 2.18. The molecule has 0 amide bonds. The molecule has 0 saturated heterocycles. The maximum atomic E-state index is 5.93. The molecule has 0 aliphatic carbocycles. The SMILES string of the molecule is COC(C(C)C)C(N)C=C(C)C. The van der Waals surface area contributed by atoms with Gasteiger partial charge in [-0.3, -0.25) is 0 Å². The topological polar surface area (TPSA) is 35.2 Å². The van der Waals surface area contributed by atoms with E-state index in [1.54, 1.807) is 7.11 Å². The van der Waals surface area contributed by atoms with E-state index in [9.17, 15) is 0 Å². The standard InChI is InChI=1S/C10H21NO/c1-7(2)6-9(11)10(12-5)8(3)4/h6,8-10H,11H2,1-5H3. The summed E-state index contributed by atoms with van der Waals surface area (Å²) in [6, 6.07) is 0.0139. The Labute approximate surface area is 75.8 Å². The van der Waals surface area contributed by atoms with E-state index in [-0.39, 0.29) is 12.1 Å². The van der Waals surface area contributed by atoms with Crippen molar-refractivity contribution in [3.8, 4) is 0 Å². The minimum absolute atomic E-state index is 0.0139. The Balaban J connectivity index is 4.22. The van der Waals surface area contributed by atoms with Crippen LogP contribution in [0.5, 0.6) is 0 Å². The van der Waals surface area contributed by atoms with Crippen molar-refractivity contribution in [3.63, 3.8) is 0 Å². The van der Waals surface area contributed by atoms with Gasteiger partial charge in [0.1, 0.15) is 0 Å². The quantitative estimate of drug-likeness (QED) is 0.656. The van der Waals surface area contributed by atoms with Gasteiger partial charge in [-0.05, 0) is 19.8 Å². The molecule has 0 heterocycles. The number of hydrogen-bond acceptors (Lipinski definition) is 2. The number of hydrogen-bond donors (Lipinski definition) is 1. The Hall–Kier alpha value is -0.340. The summed E-state index contributed by atoms with van der Waals surface area (Å²) in [6.45, 7) is 8.33. The van der Waals surface area contributed by atoms with E-state index < -0.39 is 0 Å². The second-order valence-electron chi connectivity index (χ2n) is 3.77. The fourth-order valence-corrected chi connectivity index (χ4v) is 1.35. The van der Waals surface area contributed by atoms with Crippen LogP contribution in [0.15, 0.2) is 11.6 Å². The summed E-state index contributed by atoms with van der Waals surface area (Å²) in [5.74, 6) is 0.459. The van der Waals surface area contributed by atoms with E-state index >= 15 is 0 Å². The molecule has 2 N–H and O–H groups in total. The fraction of sp³-hybridized carbons (Fsp3) is 0.800. The molecule has 0 saturated carbocycles. The van der Waals surface area contributed by atoms with Gasteiger partial charge in [0, 0.05) is 13.2 Å². The first-order valence-corrected chi connectivity index (χ1v) is 4.42. The molecule has 0 aromatic carbocycles. The fourth-order valence-electron chi connectivity index (χ4n) is 1.35. The Morgan fingerprint density at radius 2 is 1.83 bits per heavy atom. The molecule has 2 atom stereocenters. The molecule has 0 aliphatic heterocycles. The Bertz CT molecular complexity index is 148. The van der Waals surface area contributed by atoms with Crippen LogP contribution in [-0.2, 0) is 4.74 Å². The highest BCUT2D eigenvalue weighted by molar-refractivity contribution is 5.03. The molecule has 72 valence electrons. The summed E-state index contributed by atoms with van der Waals surface area (Å²) in [7, 11) is 1.71. The van der Waals surface area contributed by atoms with Crippen molar-refractivity contribution < 1.29 is 4.74 Å². The Kier molecular flexibility index (Phi) is 5.18. The van der Waals surface area contributed by atoms with Crippen LogP contribution in [0.25, 0.3) is 0 Å². The van der Waals surface area contributed by atoms with E-state index in [0.717, 1.165) is 0 Å². The second-order valence-corrected chi connectivity index (χ2v) is 3.77. The summed E-state index contributed by atoms with van der Waals surface area (Å²) in [6.07, 6.45) is 2.17. The van der Waals surface area contributed by atoms with Gasteiger partial charge in [0.15, 0.2) is 0 Å². The average molecular weight is 171 g/mol. The predicted molar refractivity (Wildman–Crippen MR) is 53.0 cm³/mol. The zero-order chi connectivity index (χ0) is 9.72. The van der Waals surface area contributed by atoms with Crippen LogP contribution in [0.4, 0.5) is 0 Å². The lowest BCUT2D eigenvalue weighted by molar-refractivity contribution is 0.0552. The number of methoxy groups -OCH3 is 1. The van der Waals surface area contributed by atoms with Crippen molar-refractivity contribution in [3.05, 3.63) is 11.6 Å². The van der Waals surface area contributed by atoms with Crippen LogP contribution >= 0.6 is 0 Å². The molecule has 2 unspecified atom stereocenters. The first-order valence-electron chi connectivity index (χ1n) is 4.42. The molecule has 2 nitrogen and oxygen atoms in total. The average Bonchev–Trinajstić information content (AvgIpc) is 1.85. The summed E-state index contributed by atoms with van der Waals surface area (Å²) in [5, 5.41) is 0. The van der Waals surface area contributed by atoms with Crippen molar-refractivity contribution in [2.75, 3.05) is 7.11 Å². The van der Waals surface area contributed by atoms with Crippen LogP contribution in [0, 0.1) is 5.92 Å². The lowest BCUT2D eigenvalue weighted by atomic mass is 9.99. The molecule has 12 heavy (non-hydrogen) atoms. The van der Waals surface area contributed by atoms with Crippen molar-refractivity contribution in [2.45, 2.75) is 39.8 Å². The molecule has 0 aromatic rings. The zero-order valence-electron chi connectivity index (χ0n) is 8.79. The highest BCUT2D eigenvalue weighted by Crippen LogP contribution is 2.10. The first-order chi connectivity index (χ1) is 5.49. The lowest BCUT2D eigenvalue weighted by Gasteiger charge is -2.23. The minimum atomic E-state index is 0.0139. The van der Waals surface area contributed by atoms with Crippen LogP contribution in [0.1, 0.15) is 27.7 Å². The van der Waals surface area contributed by atoms with Gasteiger partial charge in [-0.1, -0.05) is 25.5 Å². The lowest BCUT2D eigenvalue weighted by Crippen LogP contribution is -2.38. The number of nitrogens with two attached hydrogens (primary N) is 1. The molecule has 2 heteroatoms. The number of allylic oxidation sites excluding steroid dienone is 1. The van der Waals surface area contributed by atoms with Crippen molar-refractivity contribution in [1.82, 2.24) is 0 Å². The molecular formula is C10H21NO. The summed E-state index contributed by atoms with van der Waals surface area (Å²) in [5.41, 5.74) is 7.17. The van der Waals surface area contributed by atoms with E-state index in [1.165, 1.54) is 5.57 Å². The minimum Gasteiger partial charge on any atom is -0.379 e. The molecule has 0 aliphatic rings. The summed E-state index contributed by atoms with van der Waals surface area (Å²) >= 11 is 0. The van der Waals surface area contributed by atoms with E-state index in [2.05, 4.69) is 13.8 Å². The van der Waals surface area contributed by atoms with E-state index in [0.29, 0.717) is 5.92 Å². The molecule has 0 rings (SSSR count). The van der Waals surface area contributed by atoms with Crippen molar-refractivity contribution >= 4 is 0 Å². The number of ether oxygens (including phenoxy) is 1. The second kappa shape index (κ2) is 5.33. The van der Waals surface area contributed by atoms with Gasteiger partial charge in [-0.15, -0.1) is 0 Å². The molecule has 0 fully saturated rings. The van der Waals surface area contributed by atoms with Crippen molar-refractivity contribution in [1.29, 1.82) is 0 Å². The normalized spacial score (nSPS) is 15.9. The predicted octanol–water partition coefficient (Wildman–Crippen LogP) is 1.95. The molecule has 0 aromatic heterocycles. The first kappa shape index (κ1) is 11.7. The summed E-state index contributed by atoms with van der Waals surface area (Å²) < 4.78 is 5.30. The van der Waals surface area contributed by atoms with Crippen LogP contribution in [0.2, 0.25) is 0 Å². The number of rotatable bonds is 4. The van der Waals surface area contributed by atoms with Gasteiger partial charge in [0.2, 0.25) is 0 Å². The van der Waals surface area contributed by atoms with E-state index in [4.69, 9.17) is 10.5 Å². The van der Waals surface area contributed by atoms with E-state index in [1.807, 2.05) is 19.9 Å². The van der Waals surface area contributed by atoms with Crippen LogP contribution in [-0.4, -0.2) is 19.3 Å². The third-order valence-electron chi connectivity index (χ3n) is 1.83. The van der Waals surface area contributed by atoms with Gasteiger partial charge in [0.25, 0.3) is 0 Å². The van der Waals surface area contributed by atoms with Crippen LogP contribution in [0.3, 0.4) is 0 Å². The maximum Gasteiger partial charge on any atom is 0.0780 e. The summed E-state index contributed by atoms with van der Waals surface area (Å²) in [4.78, 5) is 0. The van der Waals surface area contributed by atoms with Crippen molar-refractivity contribution in [2.24, 2.45) is 11.7 Å². The Morgan fingerprint density at radius 3 is 2.08 bits per heavy atom. The van der Waals surface area contributed by atoms with Gasteiger partial charge in [-0.25, -0.2) is 0 Å². The third-order valence-corrected chi connectivity index (χ3v) is 1.83. The smallest absolute Gasteiger partial charge is 0.0780 e. The Morgan fingerprint density at radius 1 is 1.33 bits per heavy atom. The zero-order valence-corrected chi connectivity index (χ0v) is 8.79. The molecule has 0 spiro atoms. The molecular weight excluding hydrogens is 150 g/mol. The van der Waals surface area contributed by atoms with Gasteiger partial charge in [0.05, 0.1) is 6.10 Å². The highest BCUT2D eigenvalue weighted by atomic mass is 16.5. The molecule has 0 radical (unpaired) electrons. The monoisotopic (exact) mass is 171 g/mol.